The van der Waals surface area contributed by atoms with E-state index in [9.17, 15) is 4.79 Å². The van der Waals surface area contributed by atoms with Gasteiger partial charge in [-0.25, -0.2) is 0 Å². The van der Waals surface area contributed by atoms with E-state index in [1.54, 1.807) is 11.3 Å². The standard InChI is InChI=1S/C16H24N2OS/c1-11-5-6-14-12(8-11)9-15(20-14)16(19)18-7-3-4-13(18)10-17-2/h9,11,13,17H,3-8,10H2,1-2H3. The quantitative estimate of drug-likeness (QED) is 0.929. The summed E-state index contributed by atoms with van der Waals surface area (Å²) in [5, 5.41) is 3.21. The lowest BCUT2D eigenvalue weighted by atomic mass is 9.90. The summed E-state index contributed by atoms with van der Waals surface area (Å²) in [7, 11) is 1.96. The first-order valence-electron chi connectivity index (χ1n) is 7.76. The molecule has 20 heavy (non-hydrogen) atoms. The summed E-state index contributed by atoms with van der Waals surface area (Å²) in [6.45, 7) is 4.14. The van der Waals surface area contributed by atoms with Crippen LogP contribution in [-0.2, 0) is 12.8 Å². The zero-order valence-electron chi connectivity index (χ0n) is 12.4. The number of hydrogen-bond donors (Lipinski definition) is 1. The van der Waals surface area contributed by atoms with Crippen LogP contribution in [0.25, 0.3) is 0 Å². The second kappa shape index (κ2) is 5.86. The number of hydrogen-bond acceptors (Lipinski definition) is 3. The van der Waals surface area contributed by atoms with Crippen molar-refractivity contribution >= 4 is 17.2 Å². The first-order chi connectivity index (χ1) is 9.69. The van der Waals surface area contributed by atoms with Crippen LogP contribution >= 0.6 is 11.3 Å². The minimum atomic E-state index is 0.259. The van der Waals surface area contributed by atoms with Gasteiger partial charge in [0.1, 0.15) is 0 Å². The van der Waals surface area contributed by atoms with Gasteiger partial charge < -0.3 is 10.2 Å². The third-order valence-electron chi connectivity index (χ3n) is 4.62. The summed E-state index contributed by atoms with van der Waals surface area (Å²) in [5.41, 5.74) is 1.43. The van der Waals surface area contributed by atoms with Gasteiger partial charge in [-0.2, -0.15) is 0 Å². The number of likely N-dealkylation sites (tertiary alicyclic amines) is 1. The highest BCUT2D eigenvalue weighted by Crippen LogP contribution is 2.33. The highest BCUT2D eigenvalue weighted by atomic mass is 32.1. The zero-order chi connectivity index (χ0) is 14.1. The first kappa shape index (κ1) is 14.1. The highest BCUT2D eigenvalue weighted by Gasteiger charge is 2.30. The summed E-state index contributed by atoms with van der Waals surface area (Å²) in [4.78, 5) is 17.2. The van der Waals surface area contributed by atoms with Gasteiger partial charge in [-0.15, -0.1) is 11.3 Å². The Morgan fingerprint density at radius 3 is 3.15 bits per heavy atom. The number of rotatable bonds is 3. The zero-order valence-corrected chi connectivity index (χ0v) is 13.3. The Kier molecular flexibility index (Phi) is 4.13. The molecule has 110 valence electrons. The minimum absolute atomic E-state index is 0.259. The molecule has 0 aromatic carbocycles. The third-order valence-corrected chi connectivity index (χ3v) is 5.84. The fraction of sp³-hybridized carbons (Fsp3) is 0.688. The van der Waals surface area contributed by atoms with Crippen LogP contribution in [0.5, 0.6) is 0 Å². The molecule has 1 saturated heterocycles. The molecule has 1 fully saturated rings. The van der Waals surface area contributed by atoms with Gasteiger partial charge in [-0.1, -0.05) is 6.92 Å². The van der Waals surface area contributed by atoms with Crippen molar-refractivity contribution in [1.82, 2.24) is 10.2 Å². The van der Waals surface area contributed by atoms with Gasteiger partial charge in [0.15, 0.2) is 0 Å². The van der Waals surface area contributed by atoms with E-state index in [1.165, 1.54) is 16.9 Å². The van der Waals surface area contributed by atoms with Crippen molar-refractivity contribution in [2.75, 3.05) is 20.1 Å². The van der Waals surface area contributed by atoms with Crippen molar-refractivity contribution in [1.29, 1.82) is 0 Å². The van der Waals surface area contributed by atoms with Crippen LogP contribution in [-0.4, -0.2) is 37.0 Å². The Morgan fingerprint density at radius 2 is 2.35 bits per heavy atom. The average Bonchev–Trinajstić information content (AvgIpc) is 3.04. The second-order valence-corrected chi connectivity index (χ2v) is 7.40. The lowest BCUT2D eigenvalue weighted by molar-refractivity contribution is 0.0742. The molecule has 4 heteroatoms. The fourth-order valence-electron chi connectivity index (χ4n) is 3.50. The molecule has 1 aromatic heterocycles. The number of carbonyl (C=O) groups excluding carboxylic acids is 1. The van der Waals surface area contributed by atoms with Crippen LogP contribution in [0, 0.1) is 5.92 Å². The van der Waals surface area contributed by atoms with Crippen LogP contribution < -0.4 is 5.32 Å². The Hall–Kier alpha value is -0.870. The van der Waals surface area contributed by atoms with E-state index < -0.39 is 0 Å². The molecule has 1 amide bonds. The molecule has 0 spiro atoms. The number of nitrogens with zero attached hydrogens (tertiary/aromatic N) is 1. The van der Waals surface area contributed by atoms with Crippen LogP contribution in [0.2, 0.25) is 0 Å². The molecule has 2 unspecified atom stereocenters. The first-order valence-corrected chi connectivity index (χ1v) is 8.58. The van der Waals surface area contributed by atoms with Gasteiger partial charge in [-0.05, 0) is 56.7 Å². The van der Waals surface area contributed by atoms with Crippen LogP contribution in [0.1, 0.15) is 46.3 Å². The van der Waals surface area contributed by atoms with Crippen molar-refractivity contribution in [3.8, 4) is 0 Å². The van der Waals surface area contributed by atoms with E-state index in [-0.39, 0.29) is 5.91 Å². The average molecular weight is 292 g/mol. The molecule has 2 aliphatic rings. The normalized spacial score (nSPS) is 25.8. The highest BCUT2D eigenvalue weighted by molar-refractivity contribution is 7.14. The number of nitrogens with one attached hydrogen (secondary N) is 1. The molecule has 3 nitrogen and oxygen atoms in total. The van der Waals surface area contributed by atoms with Crippen molar-refractivity contribution in [3.05, 3.63) is 21.4 Å². The van der Waals surface area contributed by atoms with Crippen molar-refractivity contribution in [2.24, 2.45) is 5.92 Å². The number of aryl methyl sites for hydroxylation is 1. The Labute approximate surface area is 125 Å². The molecular formula is C16H24N2OS. The number of likely N-dealkylation sites (N-methyl/N-ethyl adjacent to an activating group) is 1. The largest absolute Gasteiger partial charge is 0.334 e. The summed E-state index contributed by atoms with van der Waals surface area (Å²) >= 11 is 1.74. The van der Waals surface area contributed by atoms with E-state index in [1.807, 2.05) is 7.05 Å². The van der Waals surface area contributed by atoms with E-state index in [2.05, 4.69) is 23.2 Å². The van der Waals surface area contributed by atoms with Crippen LogP contribution in [0.15, 0.2) is 6.07 Å². The van der Waals surface area contributed by atoms with E-state index in [0.717, 1.165) is 49.6 Å². The maximum Gasteiger partial charge on any atom is 0.264 e. The lowest BCUT2D eigenvalue weighted by Gasteiger charge is -2.23. The minimum Gasteiger partial charge on any atom is -0.334 e. The summed E-state index contributed by atoms with van der Waals surface area (Å²) < 4.78 is 0. The molecule has 0 bridgehead atoms. The number of carbonyl (C=O) groups is 1. The Morgan fingerprint density at radius 1 is 1.50 bits per heavy atom. The van der Waals surface area contributed by atoms with E-state index >= 15 is 0 Å². The molecule has 1 N–H and O–H groups in total. The van der Waals surface area contributed by atoms with Crippen molar-refractivity contribution in [3.63, 3.8) is 0 Å². The lowest BCUT2D eigenvalue weighted by Crippen LogP contribution is -2.40. The molecule has 1 aromatic rings. The van der Waals surface area contributed by atoms with E-state index in [4.69, 9.17) is 0 Å². The smallest absolute Gasteiger partial charge is 0.264 e. The van der Waals surface area contributed by atoms with Gasteiger partial charge in [0.25, 0.3) is 5.91 Å². The fourth-order valence-corrected chi connectivity index (χ4v) is 4.67. The molecule has 2 atom stereocenters. The maximum atomic E-state index is 12.7. The maximum absolute atomic E-state index is 12.7. The monoisotopic (exact) mass is 292 g/mol. The third kappa shape index (κ3) is 2.63. The predicted octanol–water partition coefficient (Wildman–Crippen LogP) is 2.70. The van der Waals surface area contributed by atoms with Gasteiger partial charge in [-0.3, -0.25) is 4.79 Å². The molecule has 2 heterocycles. The molecule has 1 aliphatic heterocycles. The predicted molar refractivity (Wildman–Crippen MR) is 83.5 cm³/mol. The van der Waals surface area contributed by atoms with Crippen molar-refractivity contribution in [2.45, 2.75) is 45.1 Å². The van der Waals surface area contributed by atoms with Gasteiger partial charge in [0.05, 0.1) is 4.88 Å². The number of amides is 1. The topological polar surface area (TPSA) is 32.3 Å². The summed E-state index contributed by atoms with van der Waals surface area (Å²) in [6.07, 6.45) is 5.86. The molecular weight excluding hydrogens is 268 g/mol. The summed E-state index contributed by atoms with van der Waals surface area (Å²) in [5.74, 6) is 1.03. The molecule has 0 saturated carbocycles. The molecule has 3 rings (SSSR count). The summed E-state index contributed by atoms with van der Waals surface area (Å²) in [6, 6.07) is 2.55. The number of fused-ring (bicyclic) bond motifs is 1. The Bertz CT molecular complexity index is 497. The number of thiophene rings is 1. The van der Waals surface area contributed by atoms with Crippen LogP contribution in [0.3, 0.4) is 0 Å². The Balaban J connectivity index is 1.77. The molecule has 0 radical (unpaired) electrons. The molecule has 1 aliphatic carbocycles. The van der Waals surface area contributed by atoms with Crippen LogP contribution in [0.4, 0.5) is 0 Å². The van der Waals surface area contributed by atoms with Crippen molar-refractivity contribution < 1.29 is 4.79 Å². The van der Waals surface area contributed by atoms with Gasteiger partial charge in [0.2, 0.25) is 0 Å². The van der Waals surface area contributed by atoms with Gasteiger partial charge in [0, 0.05) is 24.0 Å². The van der Waals surface area contributed by atoms with E-state index in [0.29, 0.717) is 6.04 Å². The second-order valence-electron chi connectivity index (χ2n) is 6.26. The SMILES string of the molecule is CNCC1CCCN1C(=O)c1cc2c(s1)CCC(C)C2. The van der Waals surface area contributed by atoms with Gasteiger partial charge >= 0.3 is 0 Å².